The van der Waals surface area contributed by atoms with Crippen LogP contribution < -0.4 is 5.32 Å². The van der Waals surface area contributed by atoms with E-state index in [9.17, 15) is 22.8 Å². The zero-order valence-electron chi connectivity index (χ0n) is 10.3. The summed E-state index contributed by atoms with van der Waals surface area (Å²) in [4.78, 5) is 22.3. The average molecular weight is 354 g/mol. The van der Waals surface area contributed by atoms with E-state index in [1.165, 1.54) is 0 Å². The molecule has 0 bridgehead atoms. The first kappa shape index (κ1) is 16.5. The molecule has 0 aliphatic rings. The van der Waals surface area contributed by atoms with Crippen LogP contribution >= 0.6 is 15.9 Å². The van der Waals surface area contributed by atoms with E-state index in [1.54, 1.807) is 29.6 Å². The predicted octanol–water partition coefficient (Wildman–Crippen LogP) is 2.21. The Balaban J connectivity index is 2.82. The van der Waals surface area contributed by atoms with Gasteiger partial charge in [-0.25, -0.2) is 4.79 Å². The molecule has 0 spiro atoms. The van der Waals surface area contributed by atoms with Crippen LogP contribution in [0.3, 0.4) is 0 Å². The standard InChI is InChI=1S/C12H11BrF3NO3/c1-20-10(18)9(17-11(19)12(14,15)16)6-7-2-4-8(13)5-3-7/h2-5,9H,6H2,1H3,(H,17,19). The minimum atomic E-state index is -5.05. The molecule has 1 rings (SSSR count). The van der Waals surface area contributed by atoms with Gasteiger partial charge in [0.25, 0.3) is 0 Å². The molecule has 1 atom stereocenters. The Morgan fingerprint density at radius 2 is 1.85 bits per heavy atom. The lowest BCUT2D eigenvalue weighted by Gasteiger charge is -2.17. The minimum Gasteiger partial charge on any atom is -0.467 e. The van der Waals surface area contributed by atoms with Crippen molar-refractivity contribution in [3.63, 3.8) is 0 Å². The molecule has 0 aliphatic heterocycles. The number of halogens is 4. The van der Waals surface area contributed by atoms with Crippen LogP contribution in [0.1, 0.15) is 5.56 Å². The summed E-state index contributed by atoms with van der Waals surface area (Å²) in [5, 5.41) is 1.62. The lowest BCUT2D eigenvalue weighted by atomic mass is 10.1. The number of hydrogen-bond acceptors (Lipinski definition) is 3. The molecule has 0 radical (unpaired) electrons. The third kappa shape index (κ3) is 4.84. The second-order valence-electron chi connectivity index (χ2n) is 3.88. The van der Waals surface area contributed by atoms with E-state index < -0.39 is 24.1 Å². The van der Waals surface area contributed by atoms with E-state index in [1.807, 2.05) is 0 Å². The maximum Gasteiger partial charge on any atom is 0.471 e. The van der Waals surface area contributed by atoms with Crippen LogP contribution in [0.4, 0.5) is 13.2 Å². The summed E-state index contributed by atoms with van der Waals surface area (Å²) in [5.74, 6) is -3.12. The summed E-state index contributed by atoms with van der Waals surface area (Å²) in [6, 6.07) is 5.21. The number of ether oxygens (including phenoxy) is 1. The number of amides is 1. The van der Waals surface area contributed by atoms with E-state index in [2.05, 4.69) is 20.7 Å². The highest BCUT2D eigenvalue weighted by molar-refractivity contribution is 9.10. The second-order valence-corrected chi connectivity index (χ2v) is 4.79. The van der Waals surface area contributed by atoms with Gasteiger partial charge in [-0.05, 0) is 17.7 Å². The van der Waals surface area contributed by atoms with Gasteiger partial charge < -0.3 is 10.1 Å². The Labute approximate surface area is 121 Å². The zero-order valence-corrected chi connectivity index (χ0v) is 11.9. The van der Waals surface area contributed by atoms with Crippen molar-refractivity contribution in [2.45, 2.75) is 18.6 Å². The molecule has 8 heteroatoms. The van der Waals surface area contributed by atoms with E-state index in [0.717, 1.165) is 11.6 Å². The smallest absolute Gasteiger partial charge is 0.467 e. The molecule has 1 unspecified atom stereocenters. The summed E-state index contributed by atoms with van der Waals surface area (Å²) >= 11 is 3.21. The number of rotatable bonds is 4. The summed E-state index contributed by atoms with van der Waals surface area (Å²) in [6.45, 7) is 0. The monoisotopic (exact) mass is 353 g/mol. The fourth-order valence-electron chi connectivity index (χ4n) is 1.43. The molecule has 1 amide bonds. The largest absolute Gasteiger partial charge is 0.471 e. The third-order valence-corrected chi connectivity index (χ3v) is 2.93. The maximum absolute atomic E-state index is 12.2. The normalized spacial score (nSPS) is 12.7. The van der Waals surface area contributed by atoms with Crippen LogP contribution in [0.25, 0.3) is 0 Å². The van der Waals surface area contributed by atoms with Crippen molar-refractivity contribution in [2.24, 2.45) is 0 Å². The average Bonchev–Trinajstić information content (AvgIpc) is 2.38. The zero-order chi connectivity index (χ0) is 15.3. The van der Waals surface area contributed by atoms with E-state index in [4.69, 9.17) is 0 Å². The lowest BCUT2D eigenvalue weighted by molar-refractivity contribution is -0.175. The molecule has 0 aromatic heterocycles. The first-order chi connectivity index (χ1) is 9.24. The molecule has 1 aromatic rings. The van der Waals surface area contributed by atoms with Gasteiger partial charge in [0.1, 0.15) is 6.04 Å². The molecule has 0 fully saturated rings. The highest BCUT2D eigenvalue weighted by Gasteiger charge is 2.41. The van der Waals surface area contributed by atoms with Gasteiger partial charge >= 0.3 is 18.1 Å². The van der Waals surface area contributed by atoms with Gasteiger partial charge in [-0.1, -0.05) is 28.1 Å². The predicted molar refractivity (Wildman–Crippen MR) is 67.8 cm³/mol. The van der Waals surface area contributed by atoms with Crippen LogP contribution in [0, 0.1) is 0 Å². The van der Waals surface area contributed by atoms with Gasteiger partial charge in [0.05, 0.1) is 7.11 Å². The summed E-state index contributed by atoms with van der Waals surface area (Å²) in [7, 11) is 1.04. The minimum absolute atomic E-state index is 0.0955. The molecule has 0 saturated heterocycles. The molecule has 0 heterocycles. The highest BCUT2D eigenvalue weighted by Crippen LogP contribution is 2.16. The van der Waals surface area contributed by atoms with Gasteiger partial charge in [0.15, 0.2) is 0 Å². The fraction of sp³-hybridized carbons (Fsp3) is 0.333. The molecular formula is C12H11BrF3NO3. The number of benzene rings is 1. The number of alkyl halides is 3. The van der Waals surface area contributed by atoms with Crippen molar-refractivity contribution in [1.82, 2.24) is 5.32 Å². The summed E-state index contributed by atoms with van der Waals surface area (Å²) < 4.78 is 41.8. The van der Waals surface area contributed by atoms with Crippen molar-refractivity contribution < 1.29 is 27.5 Å². The van der Waals surface area contributed by atoms with Crippen LogP contribution in [-0.4, -0.2) is 31.2 Å². The number of carbonyl (C=O) groups excluding carboxylic acids is 2. The Hall–Kier alpha value is -1.57. The van der Waals surface area contributed by atoms with Gasteiger partial charge in [0.2, 0.25) is 0 Å². The Morgan fingerprint density at radius 1 is 1.30 bits per heavy atom. The SMILES string of the molecule is COC(=O)C(Cc1ccc(Br)cc1)NC(=O)C(F)(F)F. The van der Waals surface area contributed by atoms with E-state index in [0.29, 0.717) is 5.56 Å². The maximum atomic E-state index is 12.2. The van der Waals surface area contributed by atoms with Crippen LogP contribution in [0.15, 0.2) is 28.7 Å². The number of carbonyl (C=O) groups is 2. The topological polar surface area (TPSA) is 55.4 Å². The van der Waals surface area contributed by atoms with E-state index in [-0.39, 0.29) is 6.42 Å². The third-order valence-electron chi connectivity index (χ3n) is 2.40. The molecule has 4 nitrogen and oxygen atoms in total. The quantitative estimate of drug-likeness (QED) is 0.844. The molecule has 20 heavy (non-hydrogen) atoms. The molecule has 1 aromatic carbocycles. The van der Waals surface area contributed by atoms with Gasteiger partial charge in [0, 0.05) is 10.9 Å². The first-order valence-corrected chi connectivity index (χ1v) is 6.23. The van der Waals surface area contributed by atoms with Gasteiger partial charge in [-0.3, -0.25) is 4.79 Å². The number of methoxy groups -OCH3 is 1. The number of nitrogens with one attached hydrogen (secondary N) is 1. The summed E-state index contributed by atoms with van der Waals surface area (Å²) in [5.41, 5.74) is 0.589. The van der Waals surface area contributed by atoms with Crippen molar-refractivity contribution in [1.29, 1.82) is 0 Å². The van der Waals surface area contributed by atoms with Crippen LogP contribution in [0.2, 0.25) is 0 Å². The Kier molecular flexibility index (Phi) is 5.55. The first-order valence-electron chi connectivity index (χ1n) is 5.44. The van der Waals surface area contributed by atoms with Gasteiger partial charge in [-0.2, -0.15) is 13.2 Å². The Bertz CT molecular complexity index is 488. The van der Waals surface area contributed by atoms with Crippen molar-refractivity contribution in [3.8, 4) is 0 Å². The lowest BCUT2D eigenvalue weighted by Crippen LogP contribution is -2.48. The van der Waals surface area contributed by atoms with Crippen LogP contribution in [-0.2, 0) is 20.7 Å². The van der Waals surface area contributed by atoms with Crippen LogP contribution in [0.5, 0.6) is 0 Å². The number of hydrogen-bond donors (Lipinski definition) is 1. The molecule has 0 aliphatic carbocycles. The van der Waals surface area contributed by atoms with Crippen molar-refractivity contribution in [3.05, 3.63) is 34.3 Å². The number of esters is 1. The molecular weight excluding hydrogens is 343 g/mol. The van der Waals surface area contributed by atoms with Crippen molar-refractivity contribution in [2.75, 3.05) is 7.11 Å². The fourth-order valence-corrected chi connectivity index (χ4v) is 1.70. The summed E-state index contributed by atoms with van der Waals surface area (Å²) in [6.07, 6.45) is -5.15. The molecule has 1 N–H and O–H groups in total. The van der Waals surface area contributed by atoms with Crippen molar-refractivity contribution >= 4 is 27.8 Å². The van der Waals surface area contributed by atoms with Gasteiger partial charge in [-0.15, -0.1) is 0 Å². The second kappa shape index (κ2) is 6.74. The van der Waals surface area contributed by atoms with E-state index >= 15 is 0 Å². The molecule has 110 valence electrons. The molecule has 0 saturated carbocycles. The Morgan fingerprint density at radius 3 is 2.30 bits per heavy atom. The highest BCUT2D eigenvalue weighted by atomic mass is 79.9.